The molecular weight excluding hydrogens is 194 g/mol. The van der Waals surface area contributed by atoms with Crippen LogP contribution in [0, 0.1) is 5.41 Å². The molecule has 0 aromatic heterocycles. The molecule has 1 aromatic rings. The van der Waals surface area contributed by atoms with Crippen molar-refractivity contribution in [2.75, 3.05) is 5.32 Å². The van der Waals surface area contributed by atoms with Gasteiger partial charge in [0, 0.05) is 11.7 Å². The Morgan fingerprint density at radius 3 is 2.62 bits per heavy atom. The van der Waals surface area contributed by atoms with E-state index < -0.39 is 0 Å². The molecule has 0 spiro atoms. The van der Waals surface area contributed by atoms with Crippen LogP contribution in [-0.2, 0) is 6.42 Å². The molecule has 1 N–H and O–H groups in total. The van der Waals surface area contributed by atoms with Crippen molar-refractivity contribution in [2.45, 2.75) is 52.5 Å². The lowest BCUT2D eigenvalue weighted by Crippen LogP contribution is -2.25. The zero-order chi connectivity index (χ0) is 11.6. The Morgan fingerprint density at radius 1 is 1.31 bits per heavy atom. The van der Waals surface area contributed by atoms with Gasteiger partial charge < -0.3 is 5.32 Å². The molecule has 0 heterocycles. The topological polar surface area (TPSA) is 12.0 Å². The van der Waals surface area contributed by atoms with Gasteiger partial charge in [0.1, 0.15) is 0 Å². The van der Waals surface area contributed by atoms with Gasteiger partial charge in [0.2, 0.25) is 0 Å². The monoisotopic (exact) mass is 217 g/mol. The molecule has 1 atom stereocenters. The normalized spacial score (nSPS) is 19.2. The Labute approximate surface area is 99.3 Å². The minimum Gasteiger partial charge on any atom is -0.382 e. The largest absolute Gasteiger partial charge is 0.382 e. The molecule has 1 aromatic carbocycles. The van der Waals surface area contributed by atoms with Crippen molar-refractivity contribution >= 4 is 5.69 Å². The molecule has 1 heteroatoms. The van der Waals surface area contributed by atoms with E-state index in [0.717, 1.165) is 0 Å². The lowest BCUT2D eigenvalue weighted by molar-refractivity contribution is 0.493. The van der Waals surface area contributed by atoms with Crippen molar-refractivity contribution in [3.63, 3.8) is 0 Å². The van der Waals surface area contributed by atoms with Crippen LogP contribution in [0.5, 0.6) is 0 Å². The van der Waals surface area contributed by atoms with Crippen LogP contribution < -0.4 is 5.32 Å². The molecule has 1 aliphatic carbocycles. The second kappa shape index (κ2) is 4.48. The minimum absolute atomic E-state index is 0.541. The molecule has 0 saturated heterocycles. The molecular formula is C15H23N. The van der Waals surface area contributed by atoms with E-state index in [2.05, 4.69) is 50.4 Å². The number of rotatable bonds is 5. The number of benzene rings is 1. The fraction of sp³-hybridized carbons (Fsp3) is 0.600. The van der Waals surface area contributed by atoms with Crippen LogP contribution in [0.15, 0.2) is 24.3 Å². The third-order valence-electron chi connectivity index (χ3n) is 3.99. The van der Waals surface area contributed by atoms with E-state index in [0.29, 0.717) is 11.5 Å². The fourth-order valence-electron chi connectivity index (χ4n) is 2.19. The Morgan fingerprint density at radius 2 is 2.00 bits per heavy atom. The van der Waals surface area contributed by atoms with Gasteiger partial charge in [-0.2, -0.15) is 0 Å². The molecule has 1 fully saturated rings. The maximum absolute atomic E-state index is 3.70. The van der Waals surface area contributed by atoms with Crippen LogP contribution in [0.3, 0.4) is 0 Å². The number of aryl methyl sites for hydroxylation is 1. The zero-order valence-corrected chi connectivity index (χ0v) is 10.7. The van der Waals surface area contributed by atoms with E-state index in [4.69, 9.17) is 0 Å². The summed E-state index contributed by atoms with van der Waals surface area (Å²) in [5.74, 6) is 0. The second-order valence-electron chi connectivity index (χ2n) is 5.43. The summed E-state index contributed by atoms with van der Waals surface area (Å²) in [5, 5.41) is 3.70. The molecule has 0 aliphatic heterocycles. The Balaban J connectivity index is 2.08. The number of para-hydroxylation sites is 1. The molecule has 1 aliphatic rings. The lowest BCUT2D eigenvalue weighted by atomic mass is 9.99. The SMILES string of the molecule is CCCc1ccccc1NC(C)C1(C)CC1. The van der Waals surface area contributed by atoms with Gasteiger partial charge in [-0.1, -0.05) is 38.5 Å². The van der Waals surface area contributed by atoms with Gasteiger partial charge in [-0.05, 0) is 43.2 Å². The summed E-state index contributed by atoms with van der Waals surface area (Å²) in [4.78, 5) is 0. The number of hydrogen-bond donors (Lipinski definition) is 1. The van der Waals surface area contributed by atoms with E-state index in [9.17, 15) is 0 Å². The van der Waals surface area contributed by atoms with Crippen molar-refractivity contribution in [1.82, 2.24) is 0 Å². The fourth-order valence-corrected chi connectivity index (χ4v) is 2.19. The van der Waals surface area contributed by atoms with E-state index in [1.54, 1.807) is 0 Å². The Kier molecular flexibility index (Phi) is 3.22. The van der Waals surface area contributed by atoms with Crippen molar-refractivity contribution in [3.8, 4) is 0 Å². The smallest absolute Gasteiger partial charge is 0.0374 e. The summed E-state index contributed by atoms with van der Waals surface area (Å²) in [5.41, 5.74) is 3.34. The van der Waals surface area contributed by atoms with Gasteiger partial charge in [-0.25, -0.2) is 0 Å². The standard InChI is InChI=1S/C15H23N/c1-4-7-13-8-5-6-9-14(13)16-12(2)15(3)10-11-15/h5-6,8-9,12,16H,4,7,10-11H2,1-3H3. The maximum Gasteiger partial charge on any atom is 0.0374 e. The summed E-state index contributed by atoms with van der Waals surface area (Å²) < 4.78 is 0. The Bertz CT molecular complexity index is 352. The molecule has 1 saturated carbocycles. The molecule has 0 radical (unpaired) electrons. The molecule has 1 nitrogen and oxygen atoms in total. The third-order valence-corrected chi connectivity index (χ3v) is 3.99. The van der Waals surface area contributed by atoms with Crippen LogP contribution in [0.1, 0.15) is 45.6 Å². The predicted molar refractivity (Wildman–Crippen MR) is 70.9 cm³/mol. The first-order valence-electron chi connectivity index (χ1n) is 6.50. The third kappa shape index (κ3) is 2.40. The zero-order valence-electron chi connectivity index (χ0n) is 10.7. The molecule has 1 unspecified atom stereocenters. The summed E-state index contributed by atoms with van der Waals surface area (Å²) in [6, 6.07) is 9.31. The van der Waals surface area contributed by atoms with Crippen LogP contribution >= 0.6 is 0 Å². The molecule has 0 bridgehead atoms. The van der Waals surface area contributed by atoms with Gasteiger partial charge in [-0.15, -0.1) is 0 Å². The molecule has 2 rings (SSSR count). The summed E-state index contributed by atoms with van der Waals surface area (Å²) >= 11 is 0. The first-order valence-corrected chi connectivity index (χ1v) is 6.50. The van der Waals surface area contributed by atoms with Crippen LogP contribution in [0.4, 0.5) is 5.69 Å². The molecule has 88 valence electrons. The highest BCUT2D eigenvalue weighted by molar-refractivity contribution is 5.52. The highest BCUT2D eigenvalue weighted by atomic mass is 14.9. The van der Waals surface area contributed by atoms with Crippen LogP contribution in [-0.4, -0.2) is 6.04 Å². The summed E-state index contributed by atoms with van der Waals surface area (Å²) in [7, 11) is 0. The van der Waals surface area contributed by atoms with Gasteiger partial charge in [0.25, 0.3) is 0 Å². The van der Waals surface area contributed by atoms with Gasteiger partial charge in [-0.3, -0.25) is 0 Å². The van der Waals surface area contributed by atoms with Crippen molar-refractivity contribution in [3.05, 3.63) is 29.8 Å². The first kappa shape index (κ1) is 11.5. The van der Waals surface area contributed by atoms with Crippen molar-refractivity contribution in [1.29, 1.82) is 0 Å². The summed E-state index contributed by atoms with van der Waals surface area (Å²) in [6.45, 7) is 6.94. The first-order chi connectivity index (χ1) is 7.65. The van der Waals surface area contributed by atoms with E-state index >= 15 is 0 Å². The highest BCUT2D eigenvalue weighted by Crippen LogP contribution is 2.48. The van der Waals surface area contributed by atoms with E-state index in [1.807, 2.05) is 0 Å². The molecule has 0 amide bonds. The maximum atomic E-state index is 3.70. The van der Waals surface area contributed by atoms with E-state index in [-0.39, 0.29) is 0 Å². The summed E-state index contributed by atoms with van der Waals surface area (Å²) in [6.07, 6.45) is 5.13. The van der Waals surface area contributed by atoms with Crippen molar-refractivity contribution in [2.24, 2.45) is 5.41 Å². The lowest BCUT2D eigenvalue weighted by Gasteiger charge is -2.23. The predicted octanol–water partition coefficient (Wildman–Crippen LogP) is 4.24. The van der Waals surface area contributed by atoms with Crippen molar-refractivity contribution < 1.29 is 0 Å². The minimum atomic E-state index is 0.541. The van der Waals surface area contributed by atoms with Crippen LogP contribution in [0.25, 0.3) is 0 Å². The second-order valence-corrected chi connectivity index (χ2v) is 5.43. The van der Waals surface area contributed by atoms with Gasteiger partial charge in [0.05, 0.1) is 0 Å². The quantitative estimate of drug-likeness (QED) is 0.778. The highest BCUT2D eigenvalue weighted by Gasteiger charge is 2.42. The van der Waals surface area contributed by atoms with Gasteiger partial charge in [0.15, 0.2) is 0 Å². The van der Waals surface area contributed by atoms with E-state index in [1.165, 1.54) is 36.9 Å². The average Bonchev–Trinajstić information content (AvgIpc) is 3.01. The van der Waals surface area contributed by atoms with Crippen LogP contribution in [0.2, 0.25) is 0 Å². The number of hydrogen-bond acceptors (Lipinski definition) is 1. The number of nitrogens with one attached hydrogen (secondary N) is 1. The van der Waals surface area contributed by atoms with Gasteiger partial charge >= 0.3 is 0 Å². The number of anilines is 1. The molecule has 16 heavy (non-hydrogen) atoms. The Hall–Kier alpha value is -0.980. The average molecular weight is 217 g/mol.